The second-order valence-electron chi connectivity index (χ2n) is 15.3. The topological polar surface area (TPSA) is 165 Å². The lowest BCUT2D eigenvalue weighted by Crippen LogP contribution is -2.53. The van der Waals surface area contributed by atoms with Gasteiger partial charge in [0.25, 0.3) is 0 Å². The number of aliphatic hydroxyl groups is 5. The summed E-state index contributed by atoms with van der Waals surface area (Å²) in [5.41, 5.74) is 7.00. The van der Waals surface area contributed by atoms with Crippen molar-refractivity contribution in [1.29, 1.82) is 0 Å². The average molecular weight is 732 g/mol. The van der Waals surface area contributed by atoms with Gasteiger partial charge in [0.2, 0.25) is 5.91 Å². The molecule has 1 aliphatic heterocycles. The molecular weight excluding hydrogens is 674 g/mol. The standard InChI is InChI=1S/C42H57N3O8/c1-27(6-5-9-39(49)45(31-15-20-52-21-16-31)25-36(47)40(50)41(51)37(48)26-46)29-11-10-28(2)30(22-29)23-44-42(17-18-42)35-24-43-19-14-33(35)34-7-3-4-8-38(34)53-32-12-13-32/h3-4,7-8,10-11,14,19,22,24,27,31-32,36-37,40-41,44,46-48,50-51H,5-6,9,12-13,15-18,20-21,23,25-26H2,1-2H3/t27?,36-,37+,40+,41+/m0/s1. The molecule has 2 saturated carbocycles. The smallest absolute Gasteiger partial charge is 0.222 e. The minimum Gasteiger partial charge on any atom is -0.490 e. The van der Waals surface area contributed by atoms with E-state index < -0.39 is 31.0 Å². The summed E-state index contributed by atoms with van der Waals surface area (Å²) in [7, 11) is 0. The van der Waals surface area contributed by atoms with Gasteiger partial charge in [-0.1, -0.05) is 43.3 Å². The molecule has 2 heterocycles. The molecule has 3 aliphatic rings. The fraction of sp³-hybridized carbons (Fsp3) is 0.571. The summed E-state index contributed by atoms with van der Waals surface area (Å²) in [6, 6.07) is 16.9. The molecule has 288 valence electrons. The molecule has 3 aromatic rings. The molecule has 1 amide bonds. The Labute approximate surface area is 313 Å². The molecule has 2 aromatic carbocycles. The highest BCUT2D eigenvalue weighted by Gasteiger charge is 2.46. The molecule has 2 aliphatic carbocycles. The van der Waals surface area contributed by atoms with Gasteiger partial charge in [0.15, 0.2) is 0 Å². The van der Waals surface area contributed by atoms with Crippen molar-refractivity contribution in [3.63, 3.8) is 0 Å². The molecule has 5 atom stereocenters. The highest BCUT2D eigenvalue weighted by atomic mass is 16.5. The zero-order chi connectivity index (χ0) is 37.5. The highest BCUT2D eigenvalue weighted by Crippen LogP contribution is 2.50. The Bertz CT molecular complexity index is 1660. The summed E-state index contributed by atoms with van der Waals surface area (Å²) in [6.07, 6.45) is 4.84. The number of aliphatic hydroxyl groups excluding tert-OH is 5. The third-order valence-electron chi connectivity index (χ3n) is 11.3. The Morgan fingerprint density at radius 2 is 1.74 bits per heavy atom. The Balaban J connectivity index is 1.07. The van der Waals surface area contributed by atoms with Crippen LogP contribution in [0.25, 0.3) is 11.1 Å². The second kappa shape index (κ2) is 17.8. The van der Waals surface area contributed by atoms with Gasteiger partial charge < -0.3 is 45.2 Å². The maximum absolute atomic E-state index is 13.6. The number of nitrogens with zero attached hydrogens (tertiary/aromatic N) is 2. The van der Waals surface area contributed by atoms with Gasteiger partial charge >= 0.3 is 0 Å². The van der Waals surface area contributed by atoms with Crippen molar-refractivity contribution < 1.29 is 39.8 Å². The lowest BCUT2D eigenvalue weighted by Gasteiger charge is -2.37. The first-order valence-electron chi connectivity index (χ1n) is 19.4. The van der Waals surface area contributed by atoms with E-state index in [1.165, 1.54) is 22.3 Å². The summed E-state index contributed by atoms with van der Waals surface area (Å²) in [6.45, 7) is 5.09. The summed E-state index contributed by atoms with van der Waals surface area (Å²) in [5, 5.41) is 54.1. The van der Waals surface area contributed by atoms with E-state index in [1.807, 2.05) is 18.5 Å². The minimum absolute atomic E-state index is 0.132. The summed E-state index contributed by atoms with van der Waals surface area (Å²) in [5.74, 6) is 1.01. The van der Waals surface area contributed by atoms with Crippen molar-refractivity contribution in [3.05, 3.63) is 83.2 Å². The minimum atomic E-state index is -1.74. The molecular formula is C42H57N3O8. The first-order chi connectivity index (χ1) is 25.6. The van der Waals surface area contributed by atoms with Crippen LogP contribution < -0.4 is 10.1 Å². The number of aromatic nitrogens is 1. The second-order valence-corrected chi connectivity index (χ2v) is 15.3. The van der Waals surface area contributed by atoms with E-state index >= 15 is 0 Å². The van der Waals surface area contributed by atoms with Crippen LogP contribution in [0.2, 0.25) is 0 Å². The summed E-state index contributed by atoms with van der Waals surface area (Å²) < 4.78 is 11.8. The number of ether oxygens (including phenoxy) is 2. The Morgan fingerprint density at radius 3 is 2.45 bits per heavy atom. The summed E-state index contributed by atoms with van der Waals surface area (Å²) in [4.78, 5) is 19.7. The fourth-order valence-corrected chi connectivity index (χ4v) is 7.48. The molecule has 11 nitrogen and oxygen atoms in total. The van der Waals surface area contributed by atoms with Gasteiger partial charge in [-0.3, -0.25) is 9.78 Å². The van der Waals surface area contributed by atoms with E-state index in [1.54, 1.807) is 4.90 Å². The van der Waals surface area contributed by atoms with E-state index in [-0.39, 0.29) is 36.4 Å². The number of nitrogens with one attached hydrogen (secondary N) is 1. The zero-order valence-corrected chi connectivity index (χ0v) is 31.1. The van der Waals surface area contributed by atoms with Crippen LogP contribution in [0.5, 0.6) is 5.75 Å². The molecule has 0 radical (unpaired) electrons. The first-order valence-corrected chi connectivity index (χ1v) is 19.4. The first kappa shape index (κ1) is 39.3. The normalized spacial score (nSPS) is 19.9. The van der Waals surface area contributed by atoms with Crippen molar-refractivity contribution in [1.82, 2.24) is 15.2 Å². The number of hydrogen-bond acceptors (Lipinski definition) is 10. The van der Waals surface area contributed by atoms with Crippen LogP contribution in [0.15, 0.2) is 60.9 Å². The number of aryl methyl sites for hydroxylation is 1. The molecule has 6 rings (SSSR count). The largest absolute Gasteiger partial charge is 0.490 e. The van der Waals surface area contributed by atoms with E-state index in [0.717, 1.165) is 55.5 Å². The Hall–Kier alpha value is -3.42. The van der Waals surface area contributed by atoms with Crippen LogP contribution in [0.1, 0.15) is 92.9 Å². The van der Waals surface area contributed by atoms with Crippen molar-refractivity contribution in [3.8, 4) is 16.9 Å². The van der Waals surface area contributed by atoms with E-state index in [2.05, 4.69) is 66.6 Å². The molecule has 1 aromatic heterocycles. The van der Waals surface area contributed by atoms with E-state index in [9.17, 15) is 25.2 Å². The number of carbonyl (C=O) groups excluding carboxylic acids is 1. The molecule has 6 N–H and O–H groups in total. The fourth-order valence-electron chi connectivity index (χ4n) is 7.48. The predicted octanol–water partition coefficient (Wildman–Crippen LogP) is 4.09. The lowest BCUT2D eigenvalue weighted by molar-refractivity contribution is -0.145. The number of benzene rings is 2. The maximum Gasteiger partial charge on any atom is 0.222 e. The molecule has 11 heteroatoms. The summed E-state index contributed by atoms with van der Waals surface area (Å²) >= 11 is 0. The average Bonchev–Trinajstić information content (AvgIpc) is 4.14. The number of hydrogen-bond donors (Lipinski definition) is 6. The van der Waals surface area contributed by atoms with Gasteiger partial charge in [0.1, 0.15) is 30.2 Å². The van der Waals surface area contributed by atoms with Crippen molar-refractivity contribution in [2.45, 2.75) is 126 Å². The maximum atomic E-state index is 13.6. The van der Waals surface area contributed by atoms with Crippen molar-refractivity contribution in [2.24, 2.45) is 0 Å². The van der Waals surface area contributed by atoms with Gasteiger partial charge in [0.05, 0.1) is 12.7 Å². The van der Waals surface area contributed by atoms with Crippen LogP contribution in [0.4, 0.5) is 0 Å². The number of para-hydroxylation sites is 1. The van der Waals surface area contributed by atoms with Gasteiger partial charge in [0, 0.05) is 62.3 Å². The number of amides is 1. The SMILES string of the molecule is Cc1ccc(C(C)CCCC(=O)N(C[C@H](O)[C@@H](O)[C@H](O)[C@H](O)CO)C2CCOCC2)cc1CNC1(c2cnccc2-c2ccccc2OC2CC2)CC1. The third-order valence-corrected chi connectivity index (χ3v) is 11.3. The monoisotopic (exact) mass is 731 g/mol. The van der Waals surface area contributed by atoms with E-state index in [4.69, 9.17) is 14.6 Å². The van der Waals surface area contributed by atoms with Gasteiger partial charge in [-0.15, -0.1) is 0 Å². The zero-order valence-electron chi connectivity index (χ0n) is 31.1. The predicted molar refractivity (Wildman–Crippen MR) is 201 cm³/mol. The van der Waals surface area contributed by atoms with Crippen LogP contribution >= 0.6 is 0 Å². The molecule has 53 heavy (non-hydrogen) atoms. The Kier molecular flexibility index (Phi) is 13.2. The number of carbonyl (C=O) groups is 1. The number of rotatable bonds is 19. The molecule has 0 spiro atoms. The quantitative estimate of drug-likeness (QED) is 0.106. The van der Waals surface area contributed by atoms with Crippen molar-refractivity contribution >= 4 is 5.91 Å². The van der Waals surface area contributed by atoms with Crippen LogP contribution in [-0.4, -0.2) is 104 Å². The number of pyridine rings is 1. The molecule has 0 bridgehead atoms. The molecule has 1 saturated heterocycles. The molecule has 3 fully saturated rings. The lowest BCUT2D eigenvalue weighted by atomic mass is 9.91. The van der Waals surface area contributed by atoms with Crippen LogP contribution in [0.3, 0.4) is 0 Å². The third kappa shape index (κ3) is 9.82. The van der Waals surface area contributed by atoms with Crippen LogP contribution in [0, 0.1) is 6.92 Å². The molecule has 1 unspecified atom stereocenters. The van der Waals surface area contributed by atoms with Gasteiger partial charge in [-0.2, -0.15) is 0 Å². The van der Waals surface area contributed by atoms with E-state index in [0.29, 0.717) is 38.6 Å². The van der Waals surface area contributed by atoms with Gasteiger partial charge in [-0.25, -0.2) is 0 Å². The van der Waals surface area contributed by atoms with Crippen LogP contribution in [-0.2, 0) is 21.6 Å². The highest BCUT2D eigenvalue weighted by molar-refractivity contribution is 5.76. The van der Waals surface area contributed by atoms with Crippen molar-refractivity contribution in [2.75, 3.05) is 26.4 Å². The van der Waals surface area contributed by atoms with Gasteiger partial charge in [-0.05, 0) is 104 Å². The Morgan fingerprint density at radius 1 is 1.00 bits per heavy atom.